The molecule has 0 aromatic carbocycles. The Balaban J connectivity index is 1.55. The molecule has 2 aromatic heterocycles. The van der Waals surface area contributed by atoms with E-state index in [1.807, 2.05) is 0 Å². The molecule has 0 radical (unpaired) electrons. The van der Waals surface area contributed by atoms with Gasteiger partial charge in [-0.05, 0) is 0 Å². The molecule has 18 heteroatoms. The van der Waals surface area contributed by atoms with Crippen LogP contribution in [0.4, 0.5) is 0 Å². The maximum Gasteiger partial charge on any atom is 0.364 e. The number of aromatic amines is 1. The predicted molar refractivity (Wildman–Crippen MR) is 123 cm³/mol. The van der Waals surface area contributed by atoms with Crippen molar-refractivity contribution in [3.8, 4) is 0 Å². The average Bonchev–Trinajstić information content (AvgIpc) is 3.44. The van der Waals surface area contributed by atoms with E-state index in [9.17, 15) is 50.1 Å². The number of hydrogen-bond acceptors (Lipinski definition) is 14. The fraction of sp³-hybridized carbons (Fsp3) is 0.667. The quantitative estimate of drug-likeness (QED) is 0.139. The number of rotatable bonds is 9. The number of hydrogen-bond donors (Lipinski definition) is 9. The zero-order chi connectivity index (χ0) is 28.6. The standard InChI is InChI=1S/C21H29N5O13/c1-7(28)25-11-8(29)2-21(20(35)36,39-16(11)13(31)9(30)3-27)37-4-10-14(32)15(33)19(38-10)26-6-24-12-17(26)22-5-23-18(12)34/h5-6,8-11,13-16,19,27,29-33H,2-4H2,1H3,(H,25,28)(H,35,36)(H,22,23,34)/t8-,9+,10+,11+,13+,14+,15+,16+,19+,21+/m0/s1. The lowest BCUT2D eigenvalue weighted by Crippen LogP contribution is -2.68. The number of imidazole rings is 1. The van der Waals surface area contributed by atoms with E-state index in [1.54, 1.807) is 0 Å². The van der Waals surface area contributed by atoms with Crippen LogP contribution in [-0.2, 0) is 23.8 Å². The number of carbonyl (C=O) groups is 2. The summed E-state index contributed by atoms with van der Waals surface area (Å²) in [6.07, 6.45) is -11.6. The van der Waals surface area contributed by atoms with Crippen LogP contribution in [0.15, 0.2) is 17.4 Å². The lowest BCUT2D eigenvalue weighted by molar-refractivity contribution is -0.316. The van der Waals surface area contributed by atoms with E-state index in [4.69, 9.17) is 14.2 Å². The molecule has 216 valence electrons. The third-order valence-electron chi connectivity index (χ3n) is 6.64. The molecular weight excluding hydrogens is 530 g/mol. The fourth-order valence-electron chi connectivity index (χ4n) is 4.64. The van der Waals surface area contributed by atoms with Gasteiger partial charge in [-0.2, -0.15) is 0 Å². The van der Waals surface area contributed by atoms with Crippen LogP contribution in [0.25, 0.3) is 11.2 Å². The van der Waals surface area contributed by atoms with Gasteiger partial charge in [-0.25, -0.2) is 14.8 Å². The number of amides is 1. The van der Waals surface area contributed by atoms with E-state index in [1.165, 1.54) is 4.57 Å². The Hall–Kier alpha value is -3.07. The molecule has 2 saturated heterocycles. The molecule has 0 aliphatic carbocycles. The van der Waals surface area contributed by atoms with Gasteiger partial charge in [0.05, 0.1) is 38.0 Å². The van der Waals surface area contributed by atoms with Gasteiger partial charge in [-0.15, -0.1) is 0 Å². The fourth-order valence-corrected chi connectivity index (χ4v) is 4.64. The summed E-state index contributed by atoms with van der Waals surface area (Å²) in [7, 11) is 0. The number of carbonyl (C=O) groups excluding carboxylic acids is 1. The maximum absolute atomic E-state index is 12.3. The Morgan fingerprint density at radius 1 is 1.28 bits per heavy atom. The number of aliphatic carboxylic acids is 1. The third-order valence-corrected chi connectivity index (χ3v) is 6.64. The summed E-state index contributed by atoms with van der Waals surface area (Å²) >= 11 is 0. The smallest absolute Gasteiger partial charge is 0.364 e. The van der Waals surface area contributed by atoms with Crippen LogP contribution >= 0.6 is 0 Å². The van der Waals surface area contributed by atoms with Gasteiger partial charge in [-0.3, -0.25) is 14.2 Å². The van der Waals surface area contributed by atoms with Crippen molar-refractivity contribution in [2.45, 2.75) is 74.1 Å². The second-order valence-corrected chi connectivity index (χ2v) is 9.29. The van der Waals surface area contributed by atoms with Crippen molar-refractivity contribution in [3.05, 3.63) is 23.0 Å². The van der Waals surface area contributed by atoms with E-state index in [0.29, 0.717) is 0 Å². The number of aliphatic hydroxyl groups is 6. The third kappa shape index (κ3) is 5.38. The van der Waals surface area contributed by atoms with Crippen LogP contribution in [0.3, 0.4) is 0 Å². The van der Waals surface area contributed by atoms with Gasteiger partial charge in [0.15, 0.2) is 17.4 Å². The first-order valence-electron chi connectivity index (χ1n) is 11.8. The molecule has 18 nitrogen and oxygen atoms in total. The highest BCUT2D eigenvalue weighted by Gasteiger charge is 2.56. The second kappa shape index (κ2) is 11.2. The number of aromatic nitrogens is 4. The molecule has 4 heterocycles. The lowest BCUT2D eigenvalue weighted by Gasteiger charge is -2.46. The van der Waals surface area contributed by atoms with Crippen LogP contribution in [-0.4, -0.2) is 135 Å². The summed E-state index contributed by atoms with van der Waals surface area (Å²) in [5, 5.41) is 73.8. The average molecular weight is 559 g/mol. The van der Waals surface area contributed by atoms with Crippen LogP contribution in [0.5, 0.6) is 0 Å². The van der Waals surface area contributed by atoms with E-state index < -0.39 is 97.9 Å². The van der Waals surface area contributed by atoms with Gasteiger partial charge in [0, 0.05) is 13.3 Å². The molecule has 2 aromatic rings. The number of carboxylic acids is 1. The normalized spacial score (nSPS) is 34.6. The number of H-pyrrole nitrogens is 1. The van der Waals surface area contributed by atoms with Crippen molar-refractivity contribution < 1.29 is 59.5 Å². The van der Waals surface area contributed by atoms with Gasteiger partial charge in [0.2, 0.25) is 5.91 Å². The SMILES string of the molecule is CC(=O)N[C@H]1[C@H]([C@H](O)[C@H](O)CO)O[C@@](OC[C@H]2O[C@@H](n3cnc4c(=O)[nH]cnc43)[C@H](O)[C@@H]2O)(C(=O)O)C[C@@H]1O. The van der Waals surface area contributed by atoms with Crippen molar-refractivity contribution in [3.63, 3.8) is 0 Å². The minimum absolute atomic E-state index is 0.0422. The first-order valence-corrected chi connectivity index (χ1v) is 11.8. The van der Waals surface area contributed by atoms with Gasteiger partial charge in [0.1, 0.15) is 36.6 Å². The summed E-state index contributed by atoms with van der Waals surface area (Å²) in [6, 6.07) is -1.39. The Labute approximate surface area is 218 Å². The Kier molecular flexibility index (Phi) is 8.30. The zero-order valence-electron chi connectivity index (χ0n) is 20.4. The summed E-state index contributed by atoms with van der Waals surface area (Å²) in [4.78, 5) is 46.1. The Morgan fingerprint density at radius 2 is 2.00 bits per heavy atom. The minimum Gasteiger partial charge on any atom is -0.477 e. The van der Waals surface area contributed by atoms with Crippen molar-refractivity contribution in [2.75, 3.05) is 13.2 Å². The topological polar surface area (TPSA) is 279 Å². The van der Waals surface area contributed by atoms with Crippen molar-refractivity contribution in [1.29, 1.82) is 0 Å². The van der Waals surface area contributed by atoms with Crippen LogP contribution in [0.1, 0.15) is 19.6 Å². The zero-order valence-corrected chi connectivity index (χ0v) is 20.4. The first kappa shape index (κ1) is 28.9. The molecule has 9 N–H and O–H groups in total. The summed E-state index contributed by atoms with van der Waals surface area (Å²) < 4.78 is 17.9. The molecule has 39 heavy (non-hydrogen) atoms. The summed E-state index contributed by atoms with van der Waals surface area (Å²) in [5.41, 5.74) is -0.565. The summed E-state index contributed by atoms with van der Waals surface area (Å²) in [6.45, 7) is -0.565. The van der Waals surface area contributed by atoms with Crippen molar-refractivity contribution >= 4 is 23.0 Å². The highest BCUT2D eigenvalue weighted by Crippen LogP contribution is 2.36. The molecule has 0 saturated carbocycles. The number of carboxylic acid groups (broad SMARTS) is 1. The Bertz CT molecular complexity index is 1250. The van der Waals surface area contributed by atoms with Crippen LogP contribution in [0.2, 0.25) is 0 Å². The molecule has 0 unspecified atom stereocenters. The number of nitrogens with one attached hydrogen (secondary N) is 2. The van der Waals surface area contributed by atoms with E-state index in [-0.39, 0.29) is 11.2 Å². The maximum atomic E-state index is 12.3. The Morgan fingerprint density at radius 3 is 2.64 bits per heavy atom. The predicted octanol–water partition coefficient (Wildman–Crippen LogP) is -5.10. The monoisotopic (exact) mass is 559 g/mol. The van der Waals surface area contributed by atoms with Crippen LogP contribution in [0, 0.1) is 0 Å². The van der Waals surface area contributed by atoms with E-state index in [2.05, 4.69) is 20.3 Å². The van der Waals surface area contributed by atoms with Crippen LogP contribution < -0.4 is 10.9 Å². The number of fused-ring (bicyclic) bond motifs is 1. The van der Waals surface area contributed by atoms with E-state index in [0.717, 1.165) is 19.6 Å². The molecule has 2 fully saturated rings. The van der Waals surface area contributed by atoms with Gasteiger partial charge >= 0.3 is 5.97 Å². The van der Waals surface area contributed by atoms with Gasteiger partial charge in [0.25, 0.3) is 11.3 Å². The number of aliphatic hydroxyl groups excluding tert-OH is 6. The molecule has 4 rings (SSSR count). The molecule has 10 atom stereocenters. The van der Waals surface area contributed by atoms with Gasteiger partial charge < -0.3 is 60.3 Å². The molecule has 2 aliphatic rings. The second-order valence-electron chi connectivity index (χ2n) is 9.29. The molecular formula is C21H29N5O13. The van der Waals surface area contributed by atoms with Crippen molar-refractivity contribution in [2.24, 2.45) is 0 Å². The highest BCUT2D eigenvalue weighted by molar-refractivity contribution is 5.76. The molecule has 1 amide bonds. The van der Waals surface area contributed by atoms with Crippen molar-refractivity contribution in [1.82, 2.24) is 24.8 Å². The van der Waals surface area contributed by atoms with Gasteiger partial charge in [-0.1, -0.05) is 0 Å². The summed E-state index contributed by atoms with van der Waals surface area (Å²) in [5.74, 6) is -5.09. The molecule has 2 aliphatic heterocycles. The number of ether oxygens (including phenoxy) is 3. The minimum atomic E-state index is -2.67. The number of nitrogens with zero attached hydrogens (tertiary/aromatic N) is 3. The largest absolute Gasteiger partial charge is 0.477 e. The lowest BCUT2D eigenvalue weighted by atomic mass is 9.88. The molecule has 0 spiro atoms. The highest BCUT2D eigenvalue weighted by atomic mass is 16.7. The molecule has 0 bridgehead atoms. The van der Waals surface area contributed by atoms with E-state index >= 15 is 0 Å². The first-order chi connectivity index (χ1) is 18.4.